The van der Waals surface area contributed by atoms with E-state index in [9.17, 15) is 0 Å². The average Bonchev–Trinajstić information content (AvgIpc) is 4.17. The minimum absolute atomic E-state index is 0.0529. The van der Waals surface area contributed by atoms with Crippen molar-refractivity contribution in [2.75, 3.05) is 82.1 Å². The second kappa shape index (κ2) is 24.8. The number of hydrogen-bond donors (Lipinski definition) is 15. The van der Waals surface area contributed by atoms with E-state index in [0.717, 1.165) is 157 Å². The van der Waals surface area contributed by atoms with Crippen LogP contribution < -0.4 is 94.4 Å². The fraction of sp³-hybridized carbons (Fsp3) is 0.619. The second-order valence-corrected chi connectivity index (χ2v) is 25.6. The van der Waals surface area contributed by atoms with Gasteiger partial charge in [0.2, 0.25) is 0 Å². The van der Waals surface area contributed by atoms with Crippen molar-refractivity contribution in [2.45, 2.75) is 159 Å². The Bertz CT molecular complexity index is 2820. The van der Waals surface area contributed by atoms with Gasteiger partial charge in [-0.25, -0.2) is 0 Å². The van der Waals surface area contributed by atoms with Crippen molar-refractivity contribution in [1.29, 1.82) is 0 Å². The Labute approximate surface area is 480 Å². The normalized spacial score (nSPS) is 33.7. The number of allylic oxidation sites excluding steroid dienone is 2. The summed E-state index contributed by atoms with van der Waals surface area (Å²) in [6, 6.07) is 15.2. The van der Waals surface area contributed by atoms with E-state index in [1.54, 1.807) is 0 Å². The summed E-state index contributed by atoms with van der Waals surface area (Å²) in [5.41, 5.74) is 21.4. The number of anilines is 3. The summed E-state index contributed by atoms with van der Waals surface area (Å²) in [6.45, 7) is 14.7. The number of benzene rings is 3. The monoisotopic (exact) mass is 1110 g/mol. The standard InChI is InChI=1S/C63H93N15O3/c1-35-16-55(65-4)76-61(70-35)74-50-24-44-19-38(33-80-59(44)52(26-50)40-7-9-48(64)10-8-40)29-69-57-18-37(3)72-63(78-57)75-51-25-45-20-39(34-81-60(45)53(27-51)41-11-13-66-14-12-41)30-68-56-17-36(2)71-62(77-56)73-49-23-42-6-5-15-79-58(42)54(28-49)43-21-46-31-67-32-47(46)22-43/h7,11,21,23-28,35-39,46-48,55-57,61-63,65-78H,5-6,8-10,12-20,22,29-34,64H2,1-4H3/t35?,36?,37?,38?,39?,46-,47+,48?,55?,56?,57?,61?,62?,63?/m0/s1. The molecule has 0 radical (unpaired) electrons. The highest BCUT2D eigenvalue weighted by Crippen LogP contribution is 2.46. The van der Waals surface area contributed by atoms with Crippen LogP contribution in [-0.2, 0) is 19.3 Å². The first-order chi connectivity index (χ1) is 39.6. The van der Waals surface area contributed by atoms with E-state index in [2.05, 4.69) is 150 Å². The molecule has 13 rings (SSSR count). The molecule has 8 aliphatic heterocycles. The lowest BCUT2D eigenvalue weighted by Gasteiger charge is -2.39. The summed E-state index contributed by atoms with van der Waals surface area (Å²) in [6.07, 6.45) is 19.4. The van der Waals surface area contributed by atoms with Gasteiger partial charge in [-0.1, -0.05) is 18.2 Å². The molecule has 16 N–H and O–H groups in total. The smallest absolute Gasteiger partial charge is 0.133 e. The van der Waals surface area contributed by atoms with Crippen molar-refractivity contribution in [3.63, 3.8) is 0 Å². The van der Waals surface area contributed by atoms with Gasteiger partial charge < -0.3 is 62.5 Å². The van der Waals surface area contributed by atoms with Gasteiger partial charge in [0.25, 0.3) is 0 Å². The topological polar surface area (TPSA) is 222 Å². The van der Waals surface area contributed by atoms with Crippen molar-refractivity contribution < 1.29 is 14.2 Å². The maximum atomic E-state index is 6.83. The van der Waals surface area contributed by atoms with E-state index in [1.807, 2.05) is 7.05 Å². The summed E-state index contributed by atoms with van der Waals surface area (Å²) in [5, 5.41) is 52.8. The number of aryl methyl sites for hydroxylation is 1. The zero-order chi connectivity index (χ0) is 55.0. The molecule has 0 amide bonds. The number of fused-ring (bicyclic) bond motifs is 4. The molecule has 12 unspecified atom stereocenters. The highest BCUT2D eigenvalue weighted by atomic mass is 16.5. The van der Waals surface area contributed by atoms with Gasteiger partial charge in [0.05, 0.1) is 38.3 Å². The fourth-order valence-corrected chi connectivity index (χ4v) is 14.7. The Balaban J connectivity index is 0.648. The van der Waals surface area contributed by atoms with Crippen LogP contribution in [0.15, 0.2) is 54.6 Å². The van der Waals surface area contributed by atoms with Gasteiger partial charge >= 0.3 is 0 Å². The minimum atomic E-state index is -0.127. The summed E-state index contributed by atoms with van der Waals surface area (Å²) >= 11 is 0. The third-order valence-corrected chi connectivity index (χ3v) is 18.9. The SMILES string of the molecule is CNC1CC(C)NC(Nc2cc3c(c(C4=CCC(N)CC4)c2)OCC(CNC2CC(C)NC(Nc4cc5c(c(C6=CCNCC6)c4)OCC(CNC4CC(C)NC(Nc6cc7c(c(C8=C[C@H]9CNC[C@H]9C8)c6)OCCC7)N4)C5)N2)C3)N1. The Morgan fingerprint density at radius 3 is 1.68 bits per heavy atom. The predicted octanol–water partition coefficient (Wildman–Crippen LogP) is 4.79. The molecule has 0 aromatic heterocycles. The number of nitrogens with two attached hydrogens (primary N) is 1. The average molecular weight is 1110 g/mol. The van der Waals surface area contributed by atoms with E-state index < -0.39 is 0 Å². The van der Waals surface area contributed by atoms with Crippen LogP contribution >= 0.6 is 0 Å². The van der Waals surface area contributed by atoms with Gasteiger partial charge in [-0.3, -0.25) is 31.9 Å². The van der Waals surface area contributed by atoms with Crippen LogP contribution in [0, 0.1) is 23.7 Å². The molecule has 81 heavy (non-hydrogen) atoms. The highest BCUT2D eigenvalue weighted by molar-refractivity contribution is 5.79. The van der Waals surface area contributed by atoms with Crippen molar-refractivity contribution in [2.24, 2.45) is 29.4 Å². The summed E-state index contributed by atoms with van der Waals surface area (Å²) in [7, 11) is 2.02. The number of ether oxygens (including phenoxy) is 3. The molecule has 18 heteroatoms. The number of nitrogens with one attached hydrogen (secondary N) is 14. The molecule has 18 nitrogen and oxygen atoms in total. The maximum absolute atomic E-state index is 6.83. The van der Waals surface area contributed by atoms with E-state index in [4.69, 9.17) is 19.9 Å². The van der Waals surface area contributed by atoms with Crippen LogP contribution in [0.25, 0.3) is 16.7 Å². The molecular weight excluding hydrogens is 1010 g/mol. The largest absolute Gasteiger partial charge is 0.493 e. The Morgan fingerprint density at radius 1 is 0.568 bits per heavy atom. The third kappa shape index (κ3) is 13.0. The molecule has 10 aliphatic rings. The number of hydrogen-bond acceptors (Lipinski definition) is 18. The van der Waals surface area contributed by atoms with E-state index >= 15 is 0 Å². The van der Waals surface area contributed by atoms with E-state index in [0.29, 0.717) is 55.0 Å². The van der Waals surface area contributed by atoms with Crippen molar-refractivity contribution in [3.8, 4) is 17.2 Å². The molecule has 3 aromatic carbocycles. The lowest BCUT2D eigenvalue weighted by molar-refractivity contribution is 0.190. The molecule has 14 atom stereocenters. The Kier molecular flexibility index (Phi) is 17.0. The van der Waals surface area contributed by atoms with Crippen LogP contribution in [0.4, 0.5) is 17.1 Å². The molecule has 8 heterocycles. The molecule has 0 bridgehead atoms. The molecule has 438 valence electrons. The fourth-order valence-electron chi connectivity index (χ4n) is 14.7. The lowest BCUT2D eigenvalue weighted by Crippen LogP contribution is -2.64. The summed E-state index contributed by atoms with van der Waals surface area (Å²) in [5.74, 6) is 5.17. The van der Waals surface area contributed by atoms with Crippen LogP contribution in [0.3, 0.4) is 0 Å². The lowest BCUT2D eigenvalue weighted by atomic mass is 9.87. The zero-order valence-corrected chi connectivity index (χ0v) is 48.4. The zero-order valence-electron chi connectivity index (χ0n) is 48.4. The quantitative estimate of drug-likeness (QED) is 0.0927. The first-order valence-electron chi connectivity index (χ1n) is 31.2. The van der Waals surface area contributed by atoms with Gasteiger partial charge in [-0.05, 0) is 200 Å². The molecular formula is C63H93N15O3. The Morgan fingerprint density at radius 2 is 1.12 bits per heavy atom. The van der Waals surface area contributed by atoms with E-state index in [-0.39, 0.29) is 43.4 Å². The molecule has 2 aliphatic carbocycles. The minimum Gasteiger partial charge on any atom is -0.493 e. The first kappa shape index (κ1) is 55.4. The predicted molar refractivity (Wildman–Crippen MR) is 326 cm³/mol. The second-order valence-electron chi connectivity index (χ2n) is 25.6. The van der Waals surface area contributed by atoms with E-state index in [1.165, 1.54) is 50.1 Å². The van der Waals surface area contributed by atoms with Crippen molar-refractivity contribution in [3.05, 3.63) is 88.0 Å². The van der Waals surface area contributed by atoms with Gasteiger partial charge in [-0.2, -0.15) is 0 Å². The maximum Gasteiger partial charge on any atom is 0.133 e. The Hall–Kier alpha value is -4.80. The molecule has 0 spiro atoms. The van der Waals surface area contributed by atoms with Gasteiger partial charge in [0.1, 0.15) is 36.1 Å². The molecule has 0 saturated carbocycles. The van der Waals surface area contributed by atoms with Crippen LogP contribution in [-0.4, -0.2) is 128 Å². The molecule has 3 aromatic rings. The van der Waals surface area contributed by atoms with Crippen LogP contribution in [0.2, 0.25) is 0 Å². The number of rotatable bonds is 16. The van der Waals surface area contributed by atoms with Crippen LogP contribution in [0.1, 0.15) is 112 Å². The summed E-state index contributed by atoms with van der Waals surface area (Å²) in [4.78, 5) is 0. The molecule has 4 fully saturated rings. The first-order valence-corrected chi connectivity index (χ1v) is 31.2. The van der Waals surface area contributed by atoms with Gasteiger partial charge in [0.15, 0.2) is 0 Å². The van der Waals surface area contributed by atoms with Crippen LogP contribution in [0.5, 0.6) is 17.2 Å². The van der Waals surface area contributed by atoms with Gasteiger partial charge in [0, 0.05) is 95.9 Å². The summed E-state index contributed by atoms with van der Waals surface area (Å²) < 4.78 is 20.0. The molecule has 4 saturated heterocycles. The van der Waals surface area contributed by atoms with Crippen molar-refractivity contribution >= 4 is 33.8 Å². The highest BCUT2D eigenvalue weighted by Gasteiger charge is 2.36. The van der Waals surface area contributed by atoms with Gasteiger partial charge in [-0.15, -0.1) is 0 Å². The van der Waals surface area contributed by atoms with Crippen molar-refractivity contribution in [1.82, 2.24) is 58.5 Å². The third-order valence-electron chi connectivity index (χ3n) is 18.9.